The van der Waals surface area contributed by atoms with E-state index < -0.39 is 0 Å². The first-order valence-electron chi connectivity index (χ1n) is 6.73. The average molecular weight is 297 g/mol. The highest BCUT2D eigenvalue weighted by molar-refractivity contribution is 6.05. The van der Waals surface area contributed by atoms with Crippen molar-refractivity contribution in [3.05, 3.63) is 54.3 Å². The van der Waals surface area contributed by atoms with Crippen LogP contribution >= 0.6 is 0 Å². The van der Waals surface area contributed by atoms with Gasteiger partial charge in [-0.3, -0.25) is 4.79 Å². The summed E-state index contributed by atoms with van der Waals surface area (Å²) in [6.07, 6.45) is 0. The van der Waals surface area contributed by atoms with Crippen molar-refractivity contribution in [2.75, 3.05) is 19.5 Å². The molecule has 0 radical (unpaired) electrons. The largest absolute Gasteiger partial charge is 0.497 e. The van der Waals surface area contributed by atoms with Gasteiger partial charge in [-0.2, -0.15) is 0 Å². The van der Waals surface area contributed by atoms with Crippen LogP contribution < -0.4 is 14.8 Å². The summed E-state index contributed by atoms with van der Waals surface area (Å²) in [5, 5.41) is 3.59. The Morgan fingerprint density at radius 1 is 1.05 bits per heavy atom. The number of methoxy groups -OCH3 is 2. The third-order valence-corrected chi connectivity index (χ3v) is 3.30. The topological polar surface area (TPSA) is 60.7 Å². The Balaban J connectivity index is 1.88. The highest BCUT2D eigenvalue weighted by atomic mass is 16.5. The Morgan fingerprint density at radius 3 is 2.64 bits per heavy atom. The standard InChI is InChI=1S/C17H15NO4/c1-20-12-7-8-14-11(9-12)10-16(22-14)17(19)18-13-5-3-4-6-15(13)21-2/h3-10H,1-2H3,(H,18,19). The maximum atomic E-state index is 12.3. The highest BCUT2D eigenvalue weighted by Crippen LogP contribution is 2.27. The number of benzene rings is 2. The van der Waals surface area contributed by atoms with E-state index in [1.807, 2.05) is 18.2 Å². The summed E-state index contributed by atoms with van der Waals surface area (Å²) in [5.74, 6) is 1.20. The first-order valence-corrected chi connectivity index (χ1v) is 6.73. The van der Waals surface area contributed by atoms with Gasteiger partial charge in [-0.05, 0) is 36.4 Å². The molecule has 0 unspecified atom stereocenters. The fourth-order valence-corrected chi connectivity index (χ4v) is 2.19. The molecule has 0 atom stereocenters. The third-order valence-electron chi connectivity index (χ3n) is 3.30. The van der Waals surface area contributed by atoms with Gasteiger partial charge >= 0.3 is 0 Å². The Bertz CT molecular complexity index is 822. The summed E-state index contributed by atoms with van der Waals surface area (Å²) in [6.45, 7) is 0. The monoisotopic (exact) mass is 297 g/mol. The smallest absolute Gasteiger partial charge is 0.291 e. The summed E-state index contributed by atoms with van der Waals surface area (Å²) >= 11 is 0. The molecule has 5 heteroatoms. The number of amides is 1. The minimum Gasteiger partial charge on any atom is -0.497 e. The highest BCUT2D eigenvalue weighted by Gasteiger charge is 2.14. The number of rotatable bonds is 4. The number of hydrogen-bond acceptors (Lipinski definition) is 4. The van der Waals surface area contributed by atoms with Gasteiger partial charge in [0.1, 0.15) is 17.1 Å². The van der Waals surface area contributed by atoms with E-state index in [2.05, 4.69) is 5.32 Å². The fraction of sp³-hybridized carbons (Fsp3) is 0.118. The van der Waals surface area contributed by atoms with Gasteiger partial charge in [0, 0.05) is 5.39 Å². The molecule has 0 aliphatic rings. The third kappa shape index (κ3) is 2.61. The van der Waals surface area contributed by atoms with Crippen LogP contribution in [0.2, 0.25) is 0 Å². The van der Waals surface area contributed by atoms with Crippen molar-refractivity contribution in [3.63, 3.8) is 0 Å². The lowest BCUT2D eigenvalue weighted by atomic mass is 10.2. The molecule has 1 heterocycles. The number of hydrogen-bond donors (Lipinski definition) is 1. The first-order chi connectivity index (χ1) is 10.7. The van der Waals surface area contributed by atoms with E-state index in [0.29, 0.717) is 22.8 Å². The molecule has 112 valence electrons. The molecule has 1 amide bonds. The van der Waals surface area contributed by atoms with Crippen molar-refractivity contribution in [2.24, 2.45) is 0 Å². The number of carbonyl (C=O) groups is 1. The number of ether oxygens (including phenoxy) is 2. The van der Waals surface area contributed by atoms with E-state index in [0.717, 1.165) is 5.39 Å². The van der Waals surface area contributed by atoms with Crippen LogP contribution in [0.3, 0.4) is 0 Å². The van der Waals surface area contributed by atoms with Crippen LogP contribution in [0.15, 0.2) is 52.9 Å². The van der Waals surface area contributed by atoms with E-state index >= 15 is 0 Å². The predicted octanol–water partition coefficient (Wildman–Crippen LogP) is 3.70. The van der Waals surface area contributed by atoms with Crippen molar-refractivity contribution in [1.82, 2.24) is 0 Å². The van der Waals surface area contributed by atoms with E-state index in [1.54, 1.807) is 44.6 Å². The molecule has 0 saturated carbocycles. The molecule has 0 fully saturated rings. The molecule has 1 aromatic heterocycles. The second-order valence-corrected chi connectivity index (χ2v) is 4.67. The minimum atomic E-state index is -0.334. The zero-order chi connectivity index (χ0) is 15.5. The van der Waals surface area contributed by atoms with Crippen molar-refractivity contribution >= 4 is 22.6 Å². The van der Waals surface area contributed by atoms with Gasteiger partial charge in [-0.1, -0.05) is 12.1 Å². The molecule has 5 nitrogen and oxygen atoms in total. The molecule has 2 aromatic carbocycles. The van der Waals surface area contributed by atoms with Gasteiger partial charge in [0.25, 0.3) is 5.91 Å². The maximum Gasteiger partial charge on any atom is 0.291 e. The normalized spacial score (nSPS) is 10.5. The molecule has 0 spiro atoms. The molecule has 0 aliphatic carbocycles. The Morgan fingerprint density at radius 2 is 1.86 bits per heavy atom. The number of anilines is 1. The summed E-state index contributed by atoms with van der Waals surface area (Å²) in [6, 6.07) is 14.3. The number of fused-ring (bicyclic) bond motifs is 1. The van der Waals surface area contributed by atoms with Crippen LogP contribution in [-0.4, -0.2) is 20.1 Å². The van der Waals surface area contributed by atoms with Crippen molar-refractivity contribution in [3.8, 4) is 11.5 Å². The quantitative estimate of drug-likeness (QED) is 0.797. The number of nitrogens with one attached hydrogen (secondary N) is 1. The summed E-state index contributed by atoms with van der Waals surface area (Å²) < 4.78 is 15.9. The summed E-state index contributed by atoms with van der Waals surface area (Å²) in [4.78, 5) is 12.3. The van der Waals surface area contributed by atoms with Gasteiger partial charge in [0.05, 0.1) is 19.9 Å². The van der Waals surface area contributed by atoms with Crippen LogP contribution in [0.1, 0.15) is 10.6 Å². The van der Waals surface area contributed by atoms with Crippen molar-refractivity contribution < 1.29 is 18.7 Å². The molecule has 0 saturated heterocycles. The van der Waals surface area contributed by atoms with E-state index in [-0.39, 0.29) is 11.7 Å². The molecule has 0 aliphatic heterocycles. The number of para-hydroxylation sites is 2. The zero-order valence-corrected chi connectivity index (χ0v) is 12.3. The molecular formula is C17H15NO4. The second kappa shape index (κ2) is 5.81. The first kappa shape index (κ1) is 14.0. The van der Waals surface area contributed by atoms with Crippen molar-refractivity contribution in [1.29, 1.82) is 0 Å². The van der Waals surface area contributed by atoms with Gasteiger partial charge < -0.3 is 19.2 Å². The lowest BCUT2D eigenvalue weighted by Crippen LogP contribution is -2.11. The van der Waals surface area contributed by atoms with Crippen LogP contribution in [0, 0.1) is 0 Å². The molecular weight excluding hydrogens is 282 g/mol. The average Bonchev–Trinajstić information content (AvgIpc) is 2.98. The van der Waals surface area contributed by atoms with Crippen LogP contribution in [0.25, 0.3) is 11.0 Å². The van der Waals surface area contributed by atoms with Crippen LogP contribution in [-0.2, 0) is 0 Å². The second-order valence-electron chi connectivity index (χ2n) is 4.67. The minimum absolute atomic E-state index is 0.231. The SMILES string of the molecule is COc1ccc2oc(C(=O)Nc3ccccc3OC)cc2c1. The molecule has 0 bridgehead atoms. The zero-order valence-electron chi connectivity index (χ0n) is 12.3. The van der Waals surface area contributed by atoms with E-state index in [1.165, 1.54) is 0 Å². The Hall–Kier alpha value is -2.95. The Kier molecular flexibility index (Phi) is 3.70. The van der Waals surface area contributed by atoms with E-state index in [4.69, 9.17) is 13.9 Å². The van der Waals surface area contributed by atoms with Crippen molar-refractivity contribution in [2.45, 2.75) is 0 Å². The van der Waals surface area contributed by atoms with Crippen LogP contribution in [0.5, 0.6) is 11.5 Å². The van der Waals surface area contributed by atoms with E-state index in [9.17, 15) is 4.79 Å². The van der Waals surface area contributed by atoms with Gasteiger partial charge in [0.15, 0.2) is 5.76 Å². The van der Waals surface area contributed by atoms with Gasteiger partial charge in [-0.15, -0.1) is 0 Å². The number of carbonyl (C=O) groups excluding carboxylic acids is 1. The molecule has 1 N–H and O–H groups in total. The lowest BCUT2D eigenvalue weighted by Gasteiger charge is -2.08. The summed E-state index contributed by atoms with van der Waals surface area (Å²) in [5.41, 5.74) is 1.22. The molecule has 22 heavy (non-hydrogen) atoms. The lowest BCUT2D eigenvalue weighted by molar-refractivity contribution is 0.0998. The van der Waals surface area contributed by atoms with Gasteiger partial charge in [-0.25, -0.2) is 0 Å². The Labute approximate surface area is 127 Å². The maximum absolute atomic E-state index is 12.3. The molecule has 3 rings (SSSR count). The van der Waals surface area contributed by atoms with Crippen LogP contribution in [0.4, 0.5) is 5.69 Å². The molecule has 3 aromatic rings. The fourth-order valence-electron chi connectivity index (χ4n) is 2.19. The predicted molar refractivity (Wildman–Crippen MR) is 83.7 cm³/mol. The number of furan rings is 1. The van der Waals surface area contributed by atoms with Gasteiger partial charge in [0.2, 0.25) is 0 Å². The summed E-state index contributed by atoms with van der Waals surface area (Å²) in [7, 11) is 3.15.